The summed E-state index contributed by atoms with van der Waals surface area (Å²) >= 11 is 0. The van der Waals surface area contributed by atoms with Gasteiger partial charge in [-0.1, -0.05) is 33.6 Å². The molecule has 0 radical (unpaired) electrons. The van der Waals surface area contributed by atoms with Gasteiger partial charge in [-0.25, -0.2) is 0 Å². The second-order valence-corrected chi connectivity index (χ2v) is 6.58. The van der Waals surface area contributed by atoms with Gasteiger partial charge in [0, 0.05) is 25.2 Å². The molecule has 0 aromatic rings. The summed E-state index contributed by atoms with van der Waals surface area (Å²) in [7, 11) is 0. The van der Waals surface area contributed by atoms with Crippen LogP contribution < -0.4 is 5.73 Å². The minimum atomic E-state index is 0.261. The van der Waals surface area contributed by atoms with E-state index in [0.717, 1.165) is 31.8 Å². The maximum Gasteiger partial charge on any atom is 0.0558 e. The Bertz CT molecular complexity index is 243. The third-order valence-electron chi connectivity index (χ3n) is 5.16. The van der Waals surface area contributed by atoms with Gasteiger partial charge < -0.3 is 10.8 Å². The van der Waals surface area contributed by atoms with Gasteiger partial charge in [0.25, 0.3) is 0 Å². The van der Waals surface area contributed by atoms with Gasteiger partial charge in [-0.2, -0.15) is 0 Å². The summed E-state index contributed by atoms with van der Waals surface area (Å²) in [6, 6.07) is 0.958. The molecule has 3 atom stereocenters. The molecule has 3 unspecified atom stereocenters. The second kappa shape index (κ2) is 9.75. The number of nitrogens with zero attached hydrogens (tertiary/aromatic N) is 1. The molecule has 1 saturated carbocycles. The van der Waals surface area contributed by atoms with Crippen molar-refractivity contribution in [3.05, 3.63) is 0 Å². The lowest BCUT2D eigenvalue weighted by Crippen LogP contribution is -2.47. The van der Waals surface area contributed by atoms with Gasteiger partial charge in [0.2, 0.25) is 0 Å². The lowest BCUT2D eigenvalue weighted by atomic mass is 9.76. The number of aliphatic hydroxyl groups excluding tert-OH is 1. The molecule has 1 aliphatic carbocycles. The van der Waals surface area contributed by atoms with Crippen LogP contribution in [0.25, 0.3) is 0 Å². The summed E-state index contributed by atoms with van der Waals surface area (Å²) in [6.07, 6.45) is 8.76. The molecule has 120 valence electrons. The Balaban J connectivity index is 2.59. The zero-order valence-electron chi connectivity index (χ0n) is 13.9. The summed E-state index contributed by atoms with van der Waals surface area (Å²) in [4.78, 5) is 2.48. The summed E-state index contributed by atoms with van der Waals surface area (Å²) in [5, 5.41) is 9.34. The largest absolute Gasteiger partial charge is 0.395 e. The van der Waals surface area contributed by atoms with Crippen molar-refractivity contribution >= 4 is 0 Å². The van der Waals surface area contributed by atoms with Gasteiger partial charge in [-0.05, 0) is 43.9 Å². The maximum absolute atomic E-state index is 9.34. The van der Waals surface area contributed by atoms with Crippen molar-refractivity contribution < 1.29 is 5.11 Å². The van der Waals surface area contributed by atoms with Crippen LogP contribution in [0.5, 0.6) is 0 Å². The Labute approximate surface area is 125 Å². The quantitative estimate of drug-likeness (QED) is 0.684. The maximum atomic E-state index is 9.34. The van der Waals surface area contributed by atoms with Crippen molar-refractivity contribution in [3.63, 3.8) is 0 Å². The van der Waals surface area contributed by atoms with Crippen molar-refractivity contribution in [2.45, 2.75) is 77.8 Å². The molecule has 0 bridgehead atoms. The molecule has 0 aromatic heterocycles. The molecule has 3 heteroatoms. The molecule has 3 N–H and O–H groups in total. The van der Waals surface area contributed by atoms with Crippen LogP contribution in [0, 0.1) is 11.8 Å². The van der Waals surface area contributed by atoms with E-state index in [9.17, 15) is 5.11 Å². The fourth-order valence-electron chi connectivity index (χ4n) is 3.92. The number of aliphatic hydroxyl groups is 1. The average molecular weight is 284 g/mol. The van der Waals surface area contributed by atoms with Crippen molar-refractivity contribution in [2.24, 2.45) is 17.6 Å². The predicted octanol–water partition coefficient (Wildman–Crippen LogP) is 3.01. The first-order valence-electron chi connectivity index (χ1n) is 8.76. The van der Waals surface area contributed by atoms with Crippen LogP contribution in [0.1, 0.15) is 65.7 Å². The van der Waals surface area contributed by atoms with Crippen LogP contribution in [-0.4, -0.2) is 41.8 Å². The van der Waals surface area contributed by atoms with E-state index in [1.165, 1.54) is 32.1 Å². The molecule has 0 heterocycles. The minimum absolute atomic E-state index is 0.261. The van der Waals surface area contributed by atoms with E-state index in [1.54, 1.807) is 0 Å². The molecule has 20 heavy (non-hydrogen) atoms. The van der Waals surface area contributed by atoms with Gasteiger partial charge in [-0.3, -0.25) is 4.90 Å². The first-order valence-corrected chi connectivity index (χ1v) is 8.76. The molecule has 0 spiro atoms. The van der Waals surface area contributed by atoms with E-state index in [0.29, 0.717) is 18.0 Å². The predicted molar refractivity (Wildman–Crippen MR) is 86.7 cm³/mol. The van der Waals surface area contributed by atoms with Crippen LogP contribution in [0.3, 0.4) is 0 Å². The molecule has 1 fully saturated rings. The normalized spacial score (nSPS) is 27.4. The van der Waals surface area contributed by atoms with E-state index in [1.807, 2.05) is 0 Å². The lowest BCUT2D eigenvalue weighted by molar-refractivity contribution is 0.0943. The van der Waals surface area contributed by atoms with Crippen molar-refractivity contribution in [3.8, 4) is 0 Å². The molecule has 0 aliphatic heterocycles. The van der Waals surface area contributed by atoms with Crippen LogP contribution in [0.15, 0.2) is 0 Å². The standard InChI is InChI=1S/C17H36N2O/c1-4-7-14-8-9-17(18)15(12-14)13-19(10-11-20)16(5-2)6-3/h14-17,20H,4-13,18H2,1-3H3. The summed E-state index contributed by atoms with van der Waals surface area (Å²) in [5.74, 6) is 1.50. The van der Waals surface area contributed by atoms with Crippen LogP contribution in [0.2, 0.25) is 0 Å². The number of hydrogen-bond donors (Lipinski definition) is 2. The van der Waals surface area contributed by atoms with E-state index >= 15 is 0 Å². The van der Waals surface area contributed by atoms with Gasteiger partial charge >= 0.3 is 0 Å². The Kier molecular flexibility index (Phi) is 8.74. The number of nitrogens with two attached hydrogens (primary N) is 1. The fraction of sp³-hybridized carbons (Fsp3) is 1.00. The third-order valence-corrected chi connectivity index (χ3v) is 5.16. The van der Waals surface area contributed by atoms with E-state index < -0.39 is 0 Å². The summed E-state index contributed by atoms with van der Waals surface area (Å²) < 4.78 is 0. The van der Waals surface area contributed by atoms with E-state index in [2.05, 4.69) is 25.7 Å². The van der Waals surface area contributed by atoms with Gasteiger partial charge in [0.05, 0.1) is 6.61 Å². The molecule has 1 aliphatic rings. The zero-order chi connectivity index (χ0) is 15.0. The van der Waals surface area contributed by atoms with Gasteiger partial charge in [0.1, 0.15) is 0 Å². The molecular weight excluding hydrogens is 248 g/mol. The number of hydrogen-bond acceptors (Lipinski definition) is 3. The lowest BCUT2D eigenvalue weighted by Gasteiger charge is -2.39. The Morgan fingerprint density at radius 1 is 1.20 bits per heavy atom. The Hall–Kier alpha value is -0.120. The first kappa shape index (κ1) is 17.9. The van der Waals surface area contributed by atoms with Crippen LogP contribution in [0.4, 0.5) is 0 Å². The fourth-order valence-corrected chi connectivity index (χ4v) is 3.92. The van der Waals surface area contributed by atoms with Crippen LogP contribution in [-0.2, 0) is 0 Å². The highest BCUT2D eigenvalue weighted by Crippen LogP contribution is 2.32. The Morgan fingerprint density at radius 3 is 2.45 bits per heavy atom. The summed E-state index contributed by atoms with van der Waals surface area (Å²) in [5.41, 5.74) is 6.38. The van der Waals surface area contributed by atoms with E-state index in [4.69, 9.17) is 5.73 Å². The highest BCUT2D eigenvalue weighted by Gasteiger charge is 2.30. The minimum Gasteiger partial charge on any atom is -0.395 e. The second-order valence-electron chi connectivity index (χ2n) is 6.58. The molecule has 1 rings (SSSR count). The monoisotopic (exact) mass is 284 g/mol. The molecule has 0 aromatic carbocycles. The number of rotatable bonds is 9. The van der Waals surface area contributed by atoms with Crippen molar-refractivity contribution in [2.75, 3.05) is 19.7 Å². The first-order chi connectivity index (χ1) is 9.65. The SMILES string of the molecule is CCCC1CCC(N)C(CN(CCO)C(CC)CC)C1. The van der Waals surface area contributed by atoms with Crippen molar-refractivity contribution in [1.82, 2.24) is 4.90 Å². The molecule has 0 saturated heterocycles. The third kappa shape index (κ3) is 5.34. The Morgan fingerprint density at radius 2 is 1.90 bits per heavy atom. The average Bonchev–Trinajstić information content (AvgIpc) is 2.44. The topological polar surface area (TPSA) is 49.5 Å². The molecule has 3 nitrogen and oxygen atoms in total. The van der Waals surface area contributed by atoms with Gasteiger partial charge in [-0.15, -0.1) is 0 Å². The van der Waals surface area contributed by atoms with Crippen molar-refractivity contribution in [1.29, 1.82) is 0 Å². The highest BCUT2D eigenvalue weighted by atomic mass is 16.3. The van der Waals surface area contributed by atoms with Gasteiger partial charge in [0.15, 0.2) is 0 Å². The summed E-state index contributed by atoms with van der Waals surface area (Å²) in [6.45, 7) is 8.92. The smallest absolute Gasteiger partial charge is 0.0558 e. The van der Waals surface area contributed by atoms with E-state index in [-0.39, 0.29) is 6.61 Å². The highest BCUT2D eigenvalue weighted by molar-refractivity contribution is 4.85. The van der Waals surface area contributed by atoms with Crippen LogP contribution >= 0.6 is 0 Å². The zero-order valence-corrected chi connectivity index (χ0v) is 13.9. The molecular formula is C17H36N2O. The molecule has 0 amide bonds.